The highest BCUT2D eigenvalue weighted by molar-refractivity contribution is 6.02. The number of rotatable bonds is 9. The highest BCUT2D eigenvalue weighted by atomic mass is 19.3. The molecule has 11 heteroatoms. The number of aryl methyl sites for hydroxylation is 1. The third kappa shape index (κ3) is 5.21. The van der Waals surface area contributed by atoms with Crippen LogP contribution in [0, 0.1) is 12.3 Å². The van der Waals surface area contributed by atoms with Gasteiger partial charge in [-0.05, 0) is 48.9 Å². The molecule has 2 N–H and O–H groups in total. The minimum Gasteiger partial charge on any atom is -0.481 e. The molecule has 1 saturated heterocycles. The standard InChI is InChI=1S/C26H29F2N3O6/c1-15(2)17-6-4-5-7-18(17)26(12-31(13-26)24(35)36-14-25(10-11-25)22(33)34)21(32)30-19-9-8-16(3)29-20(19)37-23(27)28/h4-9,15,23H,10-14H2,1-3H3,(H,30,32)(H,33,34). The number of nitrogens with zero attached hydrogens (tertiary/aromatic N) is 2. The number of carboxylic acid groups (broad SMARTS) is 1. The third-order valence-corrected chi connectivity index (χ3v) is 6.94. The lowest BCUT2D eigenvalue weighted by molar-refractivity contribution is -0.145. The number of nitrogens with one attached hydrogen (secondary N) is 1. The van der Waals surface area contributed by atoms with Crippen LogP contribution in [0.25, 0.3) is 0 Å². The number of anilines is 1. The van der Waals surface area contributed by atoms with Crippen LogP contribution in [-0.4, -0.2) is 59.3 Å². The maximum atomic E-state index is 13.8. The molecule has 0 radical (unpaired) electrons. The number of pyridine rings is 1. The SMILES string of the molecule is Cc1ccc(NC(=O)C2(c3ccccc3C(C)C)CN(C(=O)OCC3(C(=O)O)CC3)C2)c(OC(F)F)n1. The number of hydrogen-bond acceptors (Lipinski definition) is 6. The lowest BCUT2D eigenvalue weighted by Crippen LogP contribution is -2.66. The molecule has 37 heavy (non-hydrogen) atoms. The predicted octanol–water partition coefficient (Wildman–Crippen LogP) is 4.31. The van der Waals surface area contributed by atoms with Crippen molar-refractivity contribution >= 4 is 23.7 Å². The summed E-state index contributed by atoms with van der Waals surface area (Å²) in [6, 6.07) is 10.4. The van der Waals surface area contributed by atoms with Gasteiger partial charge >= 0.3 is 18.7 Å². The number of halogens is 2. The molecule has 0 atom stereocenters. The van der Waals surface area contributed by atoms with Crippen LogP contribution in [0.5, 0.6) is 5.88 Å². The van der Waals surface area contributed by atoms with Crippen molar-refractivity contribution in [3.05, 3.63) is 53.2 Å². The van der Waals surface area contributed by atoms with Crippen LogP contribution in [0.2, 0.25) is 0 Å². The number of alkyl halides is 2. The maximum absolute atomic E-state index is 13.8. The molecule has 0 bridgehead atoms. The van der Waals surface area contributed by atoms with E-state index in [1.807, 2.05) is 32.0 Å². The van der Waals surface area contributed by atoms with Crippen LogP contribution in [0.15, 0.2) is 36.4 Å². The molecule has 2 heterocycles. The number of hydrogen-bond donors (Lipinski definition) is 2. The van der Waals surface area contributed by atoms with Gasteiger partial charge in [-0.2, -0.15) is 8.78 Å². The van der Waals surface area contributed by atoms with E-state index in [-0.39, 0.29) is 31.3 Å². The zero-order valence-corrected chi connectivity index (χ0v) is 20.8. The lowest BCUT2D eigenvalue weighted by atomic mass is 9.70. The van der Waals surface area contributed by atoms with Gasteiger partial charge in [0.25, 0.3) is 0 Å². The van der Waals surface area contributed by atoms with Crippen LogP contribution in [0.3, 0.4) is 0 Å². The summed E-state index contributed by atoms with van der Waals surface area (Å²) in [5, 5.41) is 12.0. The molecule has 2 amide bonds. The Morgan fingerprint density at radius 1 is 1.14 bits per heavy atom. The van der Waals surface area contributed by atoms with E-state index < -0.39 is 41.3 Å². The summed E-state index contributed by atoms with van der Waals surface area (Å²) in [5.41, 5.74) is -0.210. The molecule has 1 aromatic carbocycles. The van der Waals surface area contributed by atoms with Gasteiger partial charge in [0.05, 0.1) is 0 Å². The van der Waals surface area contributed by atoms with E-state index >= 15 is 0 Å². The van der Waals surface area contributed by atoms with E-state index in [1.54, 1.807) is 19.1 Å². The first-order valence-corrected chi connectivity index (χ1v) is 12.0. The van der Waals surface area contributed by atoms with Crippen molar-refractivity contribution in [1.82, 2.24) is 9.88 Å². The molecule has 4 rings (SSSR count). The topological polar surface area (TPSA) is 118 Å². The summed E-state index contributed by atoms with van der Waals surface area (Å²) in [6.07, 6.45) is 0.172. The number of likely N-dealkylation sites (tertiary alicyclic amines) is 1. The van der Waals surface area contributed by atoms with E-state index in [2.05, 4.69) is 15.0 Å². The van der Waals surface area contributed by atoms with E-state index in [1.165, 1.54) is 11.0 Å². The van der Waals surface area contributed by atoms with Gasteiger partial charge in [-0.15, -0.1) is 0 Å². The Hall–Kier alpha value is -3.76. The lowest BCUT2D eigenvalue weighted by Gasteiger charge is -2.49. The Kier molecular flexibility index (Phi) is 7.07. The molecule has 1 aromatic heterocycles. The number of carbonyl (C=O) groups excluding carboxylic acids is 2. The Bertz CT molecular complexity index is 1210. The first-order chi connectivity index (χ1) is 17.5. The molecule has 0 spiro atoms. The number of amides is 2. The first-order valence-electron chi connectivity index (χ1n) is 12.0. The molecule has 2 aromatic rings. The number of ether oxygens (including phenoxy) is 2. The van der Waals surface area contributed by atoms with Crippen LogP contribution in [0.4, 0.5) is 19.3 Å². The second-order valence-electron chi connectivity index (χ2n) is 9.96. The fraction of sp³-hybridized carbons (Fsp3) is 0.462. The zero-order chi connectivity index (χ0) is 27.0. The second-order valence-corrected chi connectivity index (χ2v) is 9.96. The summed E-state index contributed by atoms with van der Waals surface area (Å²) in [7, 11) is 0. The van der Waals surface area contributed by atoms with Gasteiger partial charge in [0.2, 0.25) is 11.8 Å². The zero-order valence-electron chi connectivity index (χ0n) is 20.8. The van der Waals surface area contributed by atoms with Crippen LogP contribution in [0.1, 0.15) is 49.4 Å². The minimum atomic E-state index is -3.13. The molecule has 1 aliphatic heterocycles. The van der Waals surface area contributed by atoms with Gasteiger partial charge in [-0.1, -0.05) is 38.1 Å². The number of carboxylic acids is 1. The Labute approximate surface area is 212 Å². The van der Waals surface area contributed by atoms with Crippen molar-refractivity contribution < 1.29 is 37.7 Å². The highest BCUT2D eigenvalue weighted by Gasteiger charge is 2.55. The first kappa shape index (κ1) is 26.3. The summed E-state index contributed by atoms with van der Waals surface area (Å²) in [6.45, 7) is 2.13. The van der Waals surface area contributed by atoms with E-state index in [9.17, 15) is 28.3 Å². The number of benzene rings is 1. The van der Waals surface area contributed by atoms with E-state index in [0.717, 1.165) is 5.56 Å². The molecule has 9 nitrogen and oxygen atoms in total. The Morgan fingerprint density at radius 2 is 1.81 bits per heavy atom. The molecule has 1 aliphatic carbocycles. The van der Waals surface area contributed by atoms with E-state index in [4.69, 9.17) is 4.74 Å². The van der Waals surface area contributed by atoms with Crippen molar-refractivity contribution in [3.63, 3.8) is 0 Å². The van der Waals surface area contributed by atoms with Crippen molar-refractivity contribution in [3.8, 4) is 5.88 Å². The summed E-state index contributed by atoms with van der Waals surface area (Å²) in [5.74, 6) is -1.86. The van der Waals surface area contributed by atoms with E-state index in [0.29, 0.717) is 24.1 Å². The average Bonchev–Trinajstić information content (AvgIpc) is 3.60. The number of aromatic nitrogens is 1. The Morgan fingerprint density at radius 3 is 2.41 bits per heavy atom. The summed E-state index contributed by atoms with van der Waals surface area (Å²) >= 11 is 0. The third-order valence-electron chi connectivity index (χ3n) is 6.94. The quantitative estimate of drug-likeness (QED) is 0.509. The Balaban J connectivity index is 1.60. The summed E-state index contributed by atoms with van der Waals surface area (Å²) in [4.78, 5) is 43.2. The monoisotopic (exact) mass is 517 g/mol. The van der Waals surface area contributed by atoms with Gasteiger partial charge < -0.3 is 24.8 Å². The molecule has 198 valence electrons. The molecule has 2 aliphatic rings. The second kappa shape index (κ2) is 9.95. The van der Waals surface area contributed by atoms with Gasteiger partial charge in [0.15, 0.2) is 0 Å². The smallest absolute Gasteiger partial charge is 0.409 e. The molecule has 0 unspecified atom stereocenters. The highest BCUT2D eigenvalue weighted by Crippen LogP contribution is 2.46. The van der Waals surface area contributed by atoms with Crippen LogP contribution in [-0.2, 0) is 19.7 Å². The predicted molar refractivity (Wildman–Crippen MR) is 129 cm³/mol. The maximum Gasteiger partial charge on any atom is 0.409 e. The number of aliphatic carboxylic acids is 1. The fourth-order valence-corrected chi connectivity index (χ4v) is 4.51. The van der Waals surface area contributed by atoms with Gasteiger partial charge in [0.1, 0.15) is 23.1 Å². The average molecular weight is 518 g/mol. The molecule has 2 fully saturated rings. The van der Waals surface area contributed by atoms with Gasteiger partial charge in [0, 0.05) is 18.8 Å². The minimum absolute atomic E-state index is 0.0181. The van der Waals surface area contributed by atoms with Crippen LogP contribution >= 0.6 is 0 Å². The van der Waals surface area contributed by atoms with Crippen molar-refractivity contribution in [2.75, 3.05) is 25.0 Å². The van der Waals surface area contributed by atoms with Crippen molar-refractivity contribution in [1.29, 1.82) is 0 Å². The van der Waals surface area contributed by atoms with Gasteiger partial charge in [-0.3, -0.25) is 9.59 Å². The number of carbonyl (C=O) groups is 3. The molecular formula is C26H29F2N3O6. The molecular weight excluding hydrogens is 488 g/mol. The summed E-state index contributed by atoms with van der Waals surface area (Å²) < 4.78 is 35.7. The molecule has 1 saturated carbocycles. The van der Waals surface area contributed by atoms with Crippen LogP contribution < -0.4 is 10.1 Å². The van der Waals surface area contributed by atoms with Gasteiger partial charge in [-0.25, -0.2) is 9.78 Å². The fourth-order valence-electron chi connectivity index (χ4n) is 4.51. The normalized spacial score (nSPS) is 17.2. The van der Waals surface area contributed by atoms with Crippen molar-refractivity contribution in [2.24, 2.45) is 5.41 Å². The largest absolute Gasteiger partial charge is 0.481 e. The van der Waals surface area contributed by atoms with Crippen molar-refractivity contribution in [2.45, 2.75) is 51.6 Å².